The number of hydrogen-bond acceptors (Lipinski definition) is 3. The molecule has 0 radical (unpaired) electrons. The fourth-order valence-electron chi connectivity index (χ4n) is 1.69. The second kappa shape index (κ2) is 7.79. The van der Waals surface area contributed by atoms with Gasteiger partial charge in [-0.05, 0) is 38.0 Å². The van der Waals surface area contributed by atoms with Gasteiger partial charge in [-0.15, -0.1) is 0 Å². The predicted octanol–water partition coefficient (Wildman–Crippen LogP) is 2.59. The molecular weight excluding hydrogens is 266 g/mol. The first kappa shape index (κ1) is 16.4. The molecule has 2 unspecified atom stereocenters. The molecule has 1 aromatic rings. The summed E-state index contributed by atoms with van der Waals surface area (Å²) >= 11 is 0. The van der Waals surface area contributed by atoms with E-state index in [1.54, 1.807) is 12.1 Å². The minimum Gasteiger partial charge on any atom is -0.435 e. The Morgan fingerprint density at radius 3 is 2.40 bits per heavy atom. The van der Waals surface area contributed by atoms with E-state index in [0.29, 0.717) is 12.8 Å². The van der Waals surface area contributed by atoms with Crippen molar-refractivity contribution < 1.29 is 18.3 Å². The molecule has 2 atom stereocenters. The van der Waals surface area contributed by atoms with Gasteiger partial charge >= 0.3 is 6.61 Å². The Kier molecular flexibility index (Phi) is 6.38. The largest absolute Gasteiger partial charge is 0.435 e. The number of benzene rings is 1. The maximum Gasteiger partial charge on any atom is 0.387 e. The lowest BCUT2D eigenvalue weighted by Gasteiger charge is -2.15. The van der Waals surface area contributed by atoms with Crippen LogP contribution in [0.2, 0.25) is 0 Å². The van der Waals surface area contributed by atoms with Gasteiger partial charge in [-0.3, -0.25) is 4.79 Å². The van der Waals surface area contributed by atoms with Crippen LogP contribution in [0.15, 0.2) is 24.3 Å². The number of rotatable bonds is 7. The molecule has 0 aliphatic rings. The Hall–Kier alpha value is -1.69. The normalized spacial score (nSPS) is 13.9. The van der Waals surface area contributed by atoms with Gasteiger partial charge in [0.15, 0.2) is 0 Å². The highest BCUT2D eigenvalue weighted by molar-refractivity contribution is 5.76. The van der Waals surface area contributed by atoms with Crippen LogP contribution in [0.25, 0.3) is 0 Å². The number of hydrogen-bond donors (Lipinski definition) is 2. The van der Waals surface area contributed by atoms with Gasteiger partial charge < -0.3 is 15.8 Å². The van der Waals surface area contributed by atoms with Crippen molar-refractivity contribution >= 4 is 5.91 Å². The third kappa shape index (κ3) is 5.97. The van der Waals surface area contributed by atoms with Gasteiger partial charge in [-0.2, -0.15) is 8.78 Å². The molecule has 0 saturated heterocycles. The van der Waals surface area contributed by atoms with Gasteiger partial charge in [-0.25, -0.2) is 0 Å². The molecule has 1 amide bonds. The van der Waals surface area contributed by atoms with E-state index >= 15 is 0 Å². The number of nitrogens with one attached hydrogen (secondary N) is 1. The highest BCUT2D eigenvalue weighted by atomic mass is 19.3. The predicted molar refractivity (Wildman–Crippen MR) is 72.5 cm³/mol. The van der Waals surface area contributed by atoms with E-state index in [-0.39, 0.29) is 23.7 Å². The lowest BCUT2D eigenvalue weighted by Crippen LogP contribution is -2.28. The first-order valence-electron chi connectivity index (χ1n) is 6.48. The van der Waals surface area contributed by atoms with E-state index < -0.39 is 6.61 Å². The molecular formula is C14H20F2N2O2. The molecule has 0 fully saturated rings. The molecule has 0 aliphatic heterocycles. The number of halogens is 2. The zero-order chi connectivity index (χ0) is 15.1. The van der Waals surface area contributed by atoms with E-state index in [9.17, 15) is 13.6 Å². The SMILES string of the molecule is CC(N)CCC(=O)NC(C)c1ccc(OC(F)F)cc1. The molecule has 3 N–H and O–H groups in total. The third-order valence-corrected chi connectivity index (χ3v) is 2.81. The number of alkyl halides is 2. The molecule has 0 heterocycles. The van der Waals surface area contributed by atoms with Crippen molar-refractivity contribution in [1.82, 2.24) is 5.32 Å². The number of amides is 1. The lowest BCUT2D eigenvalue weighted by molar-refractivity contribution is -0.121. The van der Waals surface area contributed by atoms with Crippen LogP contribution in [-0.2, 0) is 4.79 Å². The Morgan fingerprint density at radius 2 is 1.90 bits per heavy atom. The van der Waals surface area contributed by atoms with Crippen molar-refractivity contribution in [2.75, 3.05) is 0 Å². The molecule has 6 heteroatoms. The highest BCUT2D eigenvalue weighted by Gasteiger charge is 2.11. The maximum absolute atomic E-state index is 12.0. The standard InChI is InChI=1S/C14H20F2N2O2/c1-9(17)3-8-13(19)18-10(2)11-4-6-12(7-5-11)20-14(15)16/h4-7,9-10,14H,3,8,17H2,1-2H3,(H,18,19). The Morgan fingerprint density at radius 1 is 1.30 bits per heavy atom. The smallest absolute Gasteiger partial charge is 0.387 e. The van der Waals surface area contributed by atoms with Crippen LogP contribution < -0.4 is 15.8 Å². The Bertz CT molecular complexity index is 422. The van der Waals surface area contributed by atoms with Gasteiger partial charge in [0.25, 0.3) is 0 Å². The molecule has 0 saturated carbocycles. The quantitative estimate of drug-likeness (QED) is 0.809. The summed E-state index contributed by atoms with van der Waals surface area (Å²) in [7, 11) is 0. The minimum absolute atomic E-state index is 0.0122. The number of carbonyl (C=O) groups excluding carboxylic acids is 1. The van der Waals surface area contributed by atoms with Gasteiger partial charge in [0.2, 0.25) is 5.91 Å². The average Bonchev–Trinajstić information content (AvgIpc) is 2.36. The summed E-state index contributed by atoms with van der Waals surface area (Å²) in [6.07, 6.45) is 0.994. The van der Waals surface area contributed by atoms with E-state index in [4.69, 9.17) is 5.73 Å². The topological polar surface area (TPSA) is 64.4 Å². The van der Waals surface area contributed by atoms with Crippen LogP contribution in [-0.4, -0.2) is 18.6 Å². The summed E-state index contributed by atoms with van der Waals surface area (Å²) in [5, 5.41) is 2.83. The molecule has 20 heavy (non-hydrogen) atoms. The second-order valence-corrected chi connectivity index (χ2v) is 4.75. The summed E-state index contributed by atoms with van der Waals surface area (Å²) in [5.74, 6) is 0.0157. The molecule has 0 aliphatic carbocycles. The zero-order valence-corrected chi connectivity index (χ0v) is 11.6. The van der Waals surface area contributed by atoms with E-state index in [1.165, 1.54) is 12.1 Å². The monoisotopic (exact) mass is 286 g/mol. The fourth-order valence-corrected chi connectivity index (χ4v) is 1.69. The average molecular weight is 286 g/mol. The van der Waals surface area contributed by atoms with Gasteiger partial charge in [-0.1, -0.05) is 12.1 Å². The molecule has 1 rings (SSSR count). The van der Waals surface area contributed by atoms with Gasteiger partial charge in [0.1, 0.15) is 5.75 Å². The molecule has 1 aromatic carbocycles. The van der Waals surface area contributed by atoms with Crippen LogP contribution in [0.5, 0.6) is 5.75 Å². The van der Waals surface area contributed by atoms with Crippen molar-refractivity contribution in [1.29, 1.82) is 0 Å². The molecule has 0 aromatic heterocycles. The number of nitrogens with two attached hydrogens (primary N) is 1. The molecule has 4 nitrogen and oxygen atoms in total. The van der Waals surface area contributed by atoms with Gasteiger partial charge in [0.05, 0.1) is 6.04 Å². The Balaban J connectivity index is 2.50. The summed E-state index contributed by atoms with van der Waals surface area (Å²) in [4.78, 5) is 11.7. The third-order valence-electron chi connectivity index (χ3n) is 2.81. The van der Waals surface area contributed by atoms with Crippen molar-refractivity contribution in [2.45, 2.75) is 45.4 Å². The number of ether oxygens (including phenoxy) is 1. The van der Waals surface area contributed by atoms with Crippen molar-refractivity contribution in [3.8, 4) is 5.75 Å². The highest BCUT2D eigenvalue weighted by Crippen LogP contribution is 2.19. The van der Waals surface area contributed by atoms with Crippen molar-refractivity contribution in [3.63, 3.8) is 0 Å². The first-order valence-corrected chi connectivity index (χ1v) is 6.48. The lowest BCUT2D eigenvalue weighted by atomic mass is 10.1. The first-order chi connectivity index (χ1) is 9.38. The van der Waals surface area contributed by atoms with Gasteiger partial charge in [0, 0.05) is 12.5 Å². The van der Waals surface area contributed by atoms with E-state index in [0.717, 1.165) is 5.56 Å². The van der Waals surface area contributed by atoms with Crippen LogP contribution in [0, 0.1) is 0 Å². The molecule has 0 spiro atoms. The van der Waals surface area contributed by atoms with E-state index in [1.807, 2.05) is 13.8 Å². The molecule has 112 valence electrons. The van der Waals surface area contributed by atoms with Crippen molar-refractivity contribution in [3.05, 3.63) is 29.8 Å². The molecule has 0 bridgehead atoms. The minimum atomic E-state index is -2.84. The van der Waals surface area contributed by atoms with E-state index in [2.05, 4.69) is 10.1 Å². The van der Waals surface area contributed by atoms with Crippen LogP contribution in [0.1, 0.15) is 38.3 Å². The summed E-state index contributed by atoms with van der Waals surface area (Å²) in [6, 6.07) is 5.98. The summed E-state index contributed by atoms with van der Waals surface area (Å²) in [5.41, 5.74) is 6.40. The van der Waals surface area contributed by atoms with Crippen LogP contribution in [0.3, 0.4) is 0 Å². The zero-order valence-electron chi connectivity index (χ0n) is 11.6. The summed E-state index contributed by atoms with van der Waals surface area (Å²) < 4.78 is 28.3. The van der Waals surface area contributed by atoms with Crippen LogP contribution in [0.4, 0.5) is 8.78 Å². The number of carbonyl (C=O) groups is 1. The fraction of sp³-hybridized carbons (Fsp3) is 0.500. The summed E-state index contributed by atoms with van der Waals surface area (Å²) in [6.45, 7) is 0.835. The van der Waals surface area contributed by atoms with Crippen LogP contribution >= 0.6 is 0 Å². The Labute approximate surface area is 117 Å². The van der Waals surface area contributed by atoms with Crippen molar-refractivity contribution in [2.24, 2.45) is 5.73 Å². The maximum atomic E-state index is 12.0. The second-order valence-electron chi connectivity index (χ2n) is 4.75.